The van der Waals surface area contributed by atoms with Crippen LogP contribution in [0, 0.1) is 19.7 Å². The molecule has 168 valence electrons. The van der Waals surface area contributed by atoms with Crippen molar-refractivity contribution >= 4 is 17.4 Å². The summed E-state index contributed by atoms with van der Waals surface area (Å²) in [6, 6.07) is 21.9. The highest BCUT2D eigenvalue weighted by atomic mass is 19.1. The van der Waals surface area contributed by atoms with Crippen molar-refractivity contribution in [3.8, 4) is 0 Å². The van der Waals surface area contributed by atoms with Crippen LogP contribution in [-0.2, 0) is 22.6 Å². The van der Waals surface area contributed by atoms with E-state index in [2.05, 4.69) is 0 Å². The lowest BCUT2D eigenvalue weighted by molar-refractivity contribution is -0.137. The van der Waals surface area contributed by atoms with Gasteiger partial charge in [0.05, 0.1) is 5.57 Å². The van der Waals surface area contributed by atoms with Gasteiger partial charge in [0, 0.05) is 20.1 Å². The standard InChI is InChI=1S/C28H27FN2O2/c1-19-9-14-24(20(2)17-19)25-26(30(3)18-22-7-5-4-6-8-22)28(33)31(27(25)32)16-15-21-10-12-23(29)13-11-21/h4-14,17H,15-16,18H2,1-3H3. The van der Waals surface area contributed by atoms with E-state index in [1.807, 2.05) is 74.3 Å². The molecular formula is C28H27FN2O2. The second kappa shape index (κ2) is 9.41. The number of likely N-dealkylation sites (N-methyl/N-ethyl adjacent to an activating group) is 1. The summed E-state index contributed by atoms with van der Waals surface area (Å²) in [6.45, 7) is 4.71. The molecule has 4 nitrogen and oxygen atoms in total. The Hall–Kier alpha value is -3.73. The van der Waals surface area contributed by atoms with E-state index in [1.165, 1.54) is 17.0 Å². The molecular weight excluding hydrogens is 415 g/mol. The average Bonchev–Trinajstić information content (AvgIpc) is 3.04. The van der Waals surface area contributed by atoms with E-state index in [4.69, 9.17) is 0 Å². The summed E-state index contributed by atoms with van der Waals surface area (Å²) < 4.78 is 13.2. The largest absolute Gasteiger partial charge is 0.365 e. The van der Waals surface area contributed by atoms with Gasteiger partial charge in [0.15, 0.2) is 0 Å². The number of carbonyl (C=O) groups excluding carboxylic acids is 2. The second-order valence-corrected chi connectivity index (χ2v) is 8.52. The van der Waals surface area contributed by atoms with Crippen LogP contribution in [0.5, 0.6) is 0 Å². The predicted molar refractivity (Wildman–Crippen MR) is 128 cm³/mol. The molecule has 0 atom stereocenters. The number of carbonyl (C=O) groups is 2. The normalized spacial score (nSPS) is 13.8. The number of aryl methyl sites for hydroxylation is 2. The van der Waals surface area contributed by atoms with Crippen LogP contribution in [0.15, 0.2) is 78.5 Å². The number of benzene rings is 3. The Bertz CT molecular complexity index is 1220. The minimum absolute atomic E-state index is 0.236. The van der Waals surface area contributed by atoms with Crippen molar-refractivity contribution < 1.29 is 14.0 Å². The lowest BCUT2D eigenvalue weighted by Crippen LogP contribution is -2.35. The number of imide groups is 1. The molecule has 3 aromatic rings. The van der Waals surface area contributed by atoms with Crippen LogP contribution in [0.4, 0.5) is 4.39 Å². The zero-order chi connectivity index (χ0) is 23.5. The molecule has 5 heteroatoms. The van der Waals surface area contributed by atoms with Crippen molar-refractivity contribution in [1.82, 2.24) is 9.80 Å². The zero-order valence-electron chi connectivity index (χ0n) is 19.1. The molecule has 1 aliphatic heterocycles. The van der Waals surface area contributed by atoms with Crippen molar-refractivity contribution in [3.05, 3.63) is 112 Å². The predicted octanol–water partition coefficient (Wildman–Crippen LogP) is 4.90. The van der Waals surface area contributed by atoms with Crippen molar-refractivity contribution in [3.63, 3.8) is 0 Å². The maximum Gasteiger partial charge on any atom is 0.277 e. The van der Waals surface area contributed by atoms with Gasteiger partial charge in [-0.2, -0.15) is 0 Å². The fraction of sp³-hybridized carbons (Fsp3) is 0.214. The maximum absolute atomic E-state index is 13.6. The molecule has 0 fully saturated rings. The molecule has 0 spiro atoms. The van der Waals surface area contributed by atoms with Gasteiger partial charge in [-0.25, -0.2) is 4.39 Å². The van der Waals surface area contributed by atoms with Crippen LogP contribution in [0.3, 0.4) is 0 Å². The third kappa shape index (κ3) is 4.72. The number of hydrogen-bond donors (Lipinski definition) is 0. The quantitative estimate of drug-likeness (QED) is 0.489. The van der Waals surface area contributed by atoms with Crippen LogP contribution in [0.2, 0.25) is 0 Å². The minimum Gasteiger partial charge on any atom is -0.365 e. The Kier molecular flexibility index (Phi) is 6.40. The highest BCUT2D eigenvalue weighted by Crippen LogP contribution is 2.33. The molecule has 4 rings (SSSR count). The van der Waals surface area contributed by atoms with Crippen molar-refractivity contribution in [2.45, 2.75) is 26.8 Å². The van der Waals surface area contributed by atoms with Crippen LogP contribution < -0.4 is 0 Å². The monoisotopic (exact) mass is 442 g/mol. The first-order valence-corrected chi connectivity index (χ1v) is 11.0. The first kappa shape index (κ1) is 22.5. The lowest BCUT2D eigenvalue weighted by Gasteiger charge is -2.22. The number of amides is 2. The first-order valence-electron chi connectivity index (χ1n) is 11.0. The SMILES string of the molecule is Cc1ccc(C2=C(N(C)Cc3ccccc3)C(=O)N(CCc3ccc(F)cc3)C2=O)c(C)c1. The fourth-order valence-electron chi connectivity index (χ4n) is 4.29. The van der Waals surface area contributed by atoms with E-state index in [-0.39, 0.29) is 24.2 Å². The smallest absolute Gasteiger partial charge is 0.277 e. The fourth-order valence-corrected chi connectivity index (χ4v) is 4.29. The Labute approximate surface area is 194 Å². The Balaban J connectivity index is 1.68. The molecule has 0 bridgehead atoms. The van der Waals surface area contributed by atoms with Gasteiger partial charge < -0.3 is 4.90 Å². The first-order chi connectivity index (χ1) is 15.8. The molecule has 1 aliphatic rings. The summed E-state index contributed by atoms with van der Waals surface area (Å²) in [5, 5.41) is 0. The maximum atomic E-state index is 13.6. The number of rotatable bonds is 7. The number of halogens is 1. The third-order valence-corrected chi connectivity index (χ3v) is 5.98. The van der Waals surface area contributed by atoms with Crippen LogP contribution >= 0.6 is 0 Å². The molecule has 33 heavy (non-hydrogen) atoms. The van der Waals surface area contributed by atoms with Crippen LogP contribution in [-0.4, -0.2) is 35.2 Å². The Morgan fingerprint density at radius 2 is 1.55 bits per heavy atom. The van der Waals surface area contributed by atoms with E-state index in [9.17, 15) is 14.0 Å². The van der Waals surface area contributed by atoms with E-state index in [0.717, 1.165) is 27.8 Å². The van der Waals surface area contributed by atoms with Crippen molar-refractivity contribution in [2.24, 2.45) is 0 Å². The number of nitrogens with zero attached hydrogens (tertiary/aromatic N) is 2. The van der Waals surface area contributed by atoms with E-state index >= 15 is 0 Å². The van der Waals surface area contributed by atoms with Gasteiger partial charge in [0.1, 0.15) is 11.5 Å². The molecule has 0 N–H and O–H groups in total. The van der Waals surface area contributed by atoms with Gasteiger partial charge >= 0.3 is 0 Å². The van der Waals surface area contributed by atoms with Gasteiger partial charge in [-0.05, 0) is 54.7 Å². The summed E-state index contributed by atoms with van der Waals surface area (Å²) in [6.07, 6.45) is 0.466. The molecule has 1 heterocycles. The zero-order valence-corrected chi connectivity index (χ0v) is 19.1. The molecule has 0 unspecified atom stereocenters. The Morgan fingerprint density at radius 3 is 2.21 bits per heavy atom. The van der Waals surface area contributed by atoms with E-state index in [0.29, 0.717) is 24.2 Å². The molecule has 2 amide bonds. The molecule has 0 saturated heterocycles. The number of hydrogen-bond acceptors (Lipinski definition) is 3. The van der Waals surface area contributed by atoms with Crippen LogP contribution in [0.1, 0.15) is 27.8 Å². The highest BCUT2D eigenvalue weighted by Gasteiger charge is 2.40. The summed E-state index contributed by atoms with van der Waals surface area (Å²) >= 11 is 0. The summed E-state index contributed by atoms with van der Waals surface area (Å²) in [7, 11) is 1.85. The average molecular weight is 443 g/mol. The van der Waals surface area contributed by atoms with Gasteiger partial charge in [-0.3, -0.25) is 14.5 Å². The van der Waals surface area contributed by atoms with Gasteiger partial charge in [-0.15, -0.1) is 0 Å². The molecule has 0 radical (unpaired) electrons. The van der Waals surface area contributed by atoms with Gasteiger partial charge in [-0.1, -0.05) is 66.2 Å². The topological polar surface area (TPSA) is 40.6 Å². The lowest BCUT2D eigenvalue weighted by atomic mass is 9.97. The van der Waals surface area contributed by atoms with Crippen molar-refractivity contribution in [1.29, 1.82) is 0 Å². The minimum atomic E-state index is -0.310. The summed E-state index contributed by atoms with van der Waals surface area (Å²) in [5.74, 6) is -0.893. The third-order valence-electron chi connectivity index (χ3n) is 5.98. The molecule has 3 aromatic carbocycles. The van der Waals surface area contributed by atoms with Gasteiger partial charge in [0.2, 0.25) is 0 Å². The molecule has 0 saturated carbocycles. The van der Waals surface area contributed by atoms with Crippen LogP contribution in [0.25, 0.3) is 5.57 Å². The van der Waals surface area contributed by atoms with E-state index < -0.39 is 0 Å². The highest BCUT2D eigenvalue weighted by molar-refractivity contribution is 6.35. The van der Waals surface area contributed by atoms with E-state index in [1.54, 1.807) is 12.1 Å². The molecule has 0 aromatic heterocycles. The van der Waals surface area contributed by atoms with Gasteiger partial charge in [0.25, 0.3) is 11.8 Å². The van der Waals surface area contributed by atoms with Crippen molar-refractivity contribution in [2.75, 3.05) is 13.6 Å². The Morgan fingerprint density at radius 1 is 0.848 bits per heavy atom. The second-order valence-electron chi connectivity index (χ2n) is 8.52. The molecule has 0 aliphatic carbocycles. The summed E-state index contributed by atoms with van der Waals surface area (Å²) in [5.41, 5.74) is 5.61. The summed E-state index contributed by atoms with van der Waals surface area (Å²) in [4.78, 5) is 30.3.